The van der Waals surface area contributed by atoms with E-state index in [-0.39, 0.29) is 0 Å². The zero-order valence-corrected chi connectivity index (χ0v) is 6.96. The van der Waals surface area contributed by atoms with Crippen molar-refractivity contribution in [1.29, 1.82) is 0 Å². The summed E-state index contributed by atoms with van der Waals surface area (Å²) in [5.41, 5.74) is 2.84. The van der Waals surface area contributed by atoms with E-state index in [1.54, 1.807) is 12.5 Å². The number of imidazole rings is 1. The second-order valence-corrected chi connectivity index (χ2v) is 2.66. The molecule has 0 aliphatic heterocycles. The smallest absolute Gasteiger partial charge is 0.143 e. The van der Waals surface area contributed by atoms with Crippen molar-refractivity contribution < 1.29 is 4.52 Å². The molecule has 2 rings (SSSR count). The lowest BCUT2D eigenvalue weighted by Gasteiger charge is -1.92. The average molecular weight is 163 g/mol. The molecule has 12 heavy (non-hydrogen) atoms. The standard InChI is InChI=1S/C8H9N3O/c1-5-8(6(2)12-11-5)7-3-9-4-10-7/h3-4H,1-2H3,(H,9,10). The molecule has 62 valence electrons. The third-order valence-corrected chi connectivity index (χ3v) is 1.80. The number of aromatic amines is 1. The van der Waals surface area contributed by atoms with Crippen LogP contribution in [0.15, 0.2) is 17.0 Å². The number of nitrogens with one attached hydrogen (secondary N) is 1. The van der Waals surface area contributed by atoms with Crippen LogP contribution in [0.2, 0.25) is 0 Å². The topological polar surface area (TPSA) is 54.7 Å². The lowest BCUT2D eigenvalue weighted by atomic mass is 10.1. The van der Waals surface area contributed by atoms with Crippen LogP contribution in [0, 0.1) is 13.8 Å². The first-order valence-corrected chi connectivity index (χ1v) is 3.70. The van der Waals surface area contributed by atoms with Crippen molar-refractivity contribution in [3.05, 3.63) is 24.0 Å². The minimum Gasteiger partial charge on any atom is -0.361 e. The monoisotopic (exact) mass is 163 g/mol. The molecule has 0 aliphatic carbocycles. The van der Waals surface area contributed by atoms with Gasteiger partial charge in [-0.15, -0.1) is 0 Å². The van der Waals surface area contributed by atoms with E-state index in [0.717, 1.165) is 22.7 Å². The summed E-state index contributed by atoms with van der Waals surface area (Å²) in [6, 6.07) is 0. The first-order chi connectivity index (χ1) is 5.79. The van der Waals surface area contributed by atoms with E-state index < -0.39 is 0 Å². The van der Waals surface area contributed by atoms with Gasteiger partial charge in [0.15, 0.2) is 0 Å². The predicted molar refractivity (Wildman–Crippen MR) is 43.6 cm³/mol. The van der Waals surface area contributed by atoms with Gasteiger partial charge in [0.1, 0.15) is 5.76 Å². The third kappa shape index (κ3) is 0.922. The van der Waals surface area contributed by atoms with Crippen LogP contribution in [0.1, 0.15) is 11.5 Å². The highest BCUT2D eigenvalue weighted by Gasteiger charge is 2.11. The van der Waals surface area contributed by atoms with Crippen molar-refractivity contribution in [3.63, 3.8) is 0 Å². The van der Waals surface area contributed by atoms with Crippen molar-refractivity contribution >= 4 is 0 Å². The number of aryl methyl sites for hydroxylation is 2. The molecule has 4 heteroatoms. The fourth-order valence-electron chi connectivity index (χ4n) is 1.26. The van der Waals surface area contributed by atoms with Gasteiger partial charge in [0, 0.05) is 0 Å². The van der Waals surface area contributed by atoms with E-state index in [2.05, 4.69) is 15.1 Å². The number of hydrogen-bond donors (Lipinski definition) is 1. The molecule has 0 aromatic carbocycles. The molecule has 0 spiro atoms. The first-order valence-electron chi connectivity index (χ1n) is 3.70. The Labute approximate surface area is 69.6 Å². The molecule has 0 fully saturated rings. The van der Waals surface area contributed by atoms with Gasteiger partial charge in [-0.1, -0.05) is 5.16 Å². The van der Waals surface area contributed by atoms with Crippen LogP contribution in [0.4, 0.5) is 0 Å². The Balaban J connectivity index is 2.60. The Kier molecular flexibility index (Phi) is 1.46. The van der Waals surface area contributed by atoms with E-state index in [4.69, 9.17) is 4.52 Å². The molecule has 0 saturated carbocycles. The minimum absolute atomic E-state index is 0.816. The Hall–Kier alpha value is -1.58. The highest BCUT2D eigenvalue weighted by molar-refractivity contribution is 5.62. The molecule has 0 atom stereocenters. The Morgan fingerprint density at radius 3 is 2.75 bits per heavy atom. The van der Waals surface area contributed by atoms with E-state index >= 15 is 0 Å². The fourth-order valence-corrected chi connectivity index (χ4v) is 1.26. The lowest BCUT2D eigenvalue weighted by Crippen LogP contribution is -1.80. The van der Waals surface area contributed by atoms with Crippen LogP contribution in [0.3, 0.4) is 0 Å². The number of aromatic nitrogens is 3. The van der Waals surface area contributed by atoms with Crippen molar-refractivity contribution in [3.8, 4) is 11.3 Å². The van der Waals surface area contributed by atoms with Crippen LogP contribution in [0.5, 0.6) is 0 Å². The predicted octanol–water partition coefficient (Wildman–Crippen LogP) is 1.68. The average Bonchev–Trinajstić information content (AvgIpc) is 2.61. The number of rotatable bonds is 1. The summed E-state index contributed by atoms with van der Waals surface area (Å²) in [5.74, 6) is 0.816. The molecule has 2 aromatic rings. The van der Waals surface area contributed by atoms with Crippen LogP contribution >= 0.6 is 0 Å². The maximum Gasteiger partial charge on any atom is 0.143 e. The Morgan fingerprint density at radius 2 is 2.25 bits per heavy atom. The fraction of sp³-hybridized carbons (Fsp3) is 0.250. The molecule has 0 saturated heterocycles. The molecule has 0 amide bonds. The molecular formula is C8H9N3O. The highest BCUT2D eigenvalue weighted by atomic mass is 16.5. The zero-order valence-electron chi connectivity index (χ0n) is 6.96. The van der Waals surface area contributed by atoms with Crippen molar-refractivity contribution in [2.75, 3.05) is 0 Å². The molecule has 2 heterocycles. The van der Waals surface area contributed by atoms with Crippen molar-refractivity contribution in [2.45, 2.75) is 13.8 Å². The summed E-state index contributed by atoms with van der Waals surface area (Å²) in [6.45, 7) is 3.79. The third-order valence-electron chi connectivity index (χ3n) is 1.80. The van der Waals surface area contributed by atoms with Gasteiger partial charge in [-0.25, -0.2) is 4.98 Å². The Bertz CT molecular complexity index is 355. The zero-order chi connectivity index (χ0) is 8.55. The number of H-pyrrole nitrogens is 1. The second-order valence-electron chi connectivity index (χ2n) is 2.66. The van der Waals surface area contributed by atoms with Crippen LogP contribution in [-0.2, 0) is 0 Å². The molecule has 1 N–H and O–H groups in total. The van der Waals surface area contributed by atoms with Gasteiger partial charge >= 0.3 is 0 Å². The molecule has 2 aromatic heterocycles. The summed E-state index contributed by atoms with van der Waals surface area (Å²) < 4.78 is 5.02. The molecule has 4 nitrogen and oxygen atoms in total. The number of hydrogen-bond acceptors (Lipinski definition) is 3. The van der Waals surface area contributed by atoms with E-state index in [0.29, 0.717) is 0 Å². The van der Waals surface area contributed by atoms with Crippen LogP contribution < -0.4 is 0 Å². The Morgan fingerprint density at radius 1 is 1.42 bits per heavy atom. The minimum atomic E-state index is 0.816. The normalized spacial score (nSPS) is 10.5. The van der Waals surface area contributed by atoms with Gasteiger partial charge in [-0.05, 0) is 13.8 Å². The van der Waals surface area contributed by atoms with Crippen molar-refractivity contribution in [2.24, 2.45) is 0 Å². The number of nitrogens with zero attached hydrogens (tertiary/aromatic N) is 2. The van der Waals surface area contributed by atoms with E-state index in [9.17, 15) is 0 Å². The van der Waals surface area contributed by atoms with Gasteiger partial charge in [0.25, 0.3) is 0 Å². The maximum atomic E-state index is 5.02. The van der Waals surface area contributed by atoms with Gasteiger partial charge < -0.3 is 9.51 Å². The van der Waals surface area contributed by atoms with Crippen LogP contribution in [-0.4, -0.2) is 15.1 Å². The molecule has 0 radical (unpaired) electrons. The highest BCUT2D eigenvalue weighted by Crippen LogP contribution is 2.23. The second kappa shape index (κ2) is 2.48. The molecule has 0 unspecified atom stereocenters. The summed E-state index contributed by atoms with van der Waals surface area (Å²) in [5, 5.41) is 3.85. The summed E-state index contributed by atoms with van der Waals surface area (Å²) >= 11 is 0. The largest absolute Gasteiger partial charge is 0.361 e. The summed E-state index contributed by atoms with van der Waals surface area (Å²) in [7, 11) is 0. The maximum absolute atomic E-state index is 5.02. The van der Waals surface area contributed by atoms with Gasteiger partial charge in [0.05, 0.1) is 29.5 Å². The van der Waals surface area contributed by atoms with Crippen LogP contribution in [0.25, 0.3) is 11.3 Å². The van der Waals surface area contributed by atoms with Gasteiger partial charge in [-0.2, -0.15) is 0 Å². The van der Waals surface area contributed by atoms with Gasteiger partial charge in [-0.3, -0.25) is 0 Å². The molecule has 0 bridgehead atoms. The van der Waals surface area contributed by atoms with E-state index in [1.807, 2.05) is 13.8 Å². The SMILES string of the molecule is Cc1noc(C)c1-c1cnc[nH]1. The van der Waals surface area contributed by atoms with E-state index in [1.165, 1.54) is 0 Å². The lowest BCUT2D eigenvalue weighted by molar-refractivity contribution is 0.393. The molecule has 0 aliphatic rings. The van der Waals surface area contributed by atoms with Crippen molar-refractivity contribution in [1.82, 2.24) is 15.1 Å². The molecular weight excluding hydrogens is 154 g/mol. The summed E-state index contributed by atoms with van der Waals surface area (Å²) in [4.78, 5) is 6.95. The first kappa shape index (κ1) is 7.09. The quantitative estimate of drug-likeness (QED) is 0.695. The summed E-state index contributed by atoms with van der Waals surface area (Å²) in [6.07, 6.45) is 3.40. The van der Waals surface area contributed by atoms with Gasteiger partial charge in [0.2, 0.25) is 0 Å².